The minimum Gasteiger partial charge on any atom is -0.368 e. The van der Waals surface area contributed by atoms with Crippen LogP contribution in [-0.2, 0) is 0 Å². The quantitative estimate of drug-likeness (QED) is 0.628. The lowest BCUT2D eigenvalue weighted by molar-refractivity contribution is 1.24. The smallest absolute Gasteiger partial charge is 0.223 e. The molecule has 3 aromatic rings. The third-order valence-corrected chi connectivity index (χ3v) is 4.32. The maximum atomic E-state index is 6.20. The molecule has 0 aliphatic heterocycles. The number of hydrogen-bond acceptors (Lipinski definition) is 5. The number of hydrogen-bond donors (Lipinski definition) is 2. The Bertz CT molecular complexity index is 759. The van der Waals surface area contributed by atoms with Crippen LogP contribution in [0.3, 0.4) is 0 Å². The van der Waals surface area contributed by atoms with Crippen LogP contribution >= 0.6 is 45.5 Å². The predicted molar refractivity (Wildman–Crippen MR) is 89.3 cm³/mol. The maximum Gasteiger partial charge on any atom is 0.223 e. The summed E-state index contributed by atoms with van der Waals surface area (Å²) in [6.45, 7) is 0. The zero-order valence-electron chi connectivity index (χ0n) is 9.52. The van der Waals surface area contributed by atoms with Crippen LogP contribution in [0.15, 0.2) is 29.6 Å². The van der Waals surface area contributed by atoms with Crippen LogP contribution in [0.25, 0.3) is 10.2 Å². The van der Waals surface area contributed by atoms with Crippen LogP contribution in [-0.4, -0.2) is 9.97 Å². The summed E-state index contributed by atoms with van der Waals surface area (Å²) >= 11 is 9.95. The van der Waals surface area contributed by atoms with E-state index in [4.69, 9.17) is 17.3 Å². The van der Waals surface area contributed by atoms with Gasteiger partial charge >= 0.3 is 0 Å². The first-order chi connectivity index (χ1) is 9.13. The number of nitrogens with zero attached hydrogens (tertiary/aromatic N) is 2. The van der Waals surface area contributed by atoms with Crippen molar-refractivity contribution in [1.29, 1.82) is 0 Å². The summed E-state index contributed by atoms with van der Waals surface area (Å²) in [5.74, 6) is 0.922. The van der Waals surface area contributed by atoms with Gasteiger partial charge in [0.15, 0.2) is 0 Å². The molecule has 0 bridgehead atoms. The lowest BCUT2D eigenvalue weighted by atomic mass is 10.3. The molecule has 0 aliphatic carbocycles. The molecular formula is C12H8ClIN4S. The second-order valence-electron chi connectivity index (χ2n) is 3.82. The summed E-state index contributed by atoms with van der Waals surface area (Å²) in [6, 6.07) is 7.74. The molecule has 0 radical (unpaired) electrons. The summed E-state index contributed by atoms with van der Waals surface area (Å²) in [4.78, 5) is 9.28. The lowest BCUT2D eigenvalue weighted by Crippen LogP contribution is -2.00. The number of nitrogens with two attached hydrogens (primary N) is 1. The number of benzene rings is 1. The topological polar surface area (TPSA) is 63.8 Å². The van der Waals surface area contributed by atoms with Crippen molar-refractivity contribution in [2.45, 2.75) is 0 Å². The van der Waals surface area contributed by atoms with Gasteiger partial charge < -0.3 is 11.1 Å². The minimum absolute atomic E-state index is 0.249. The van der Waals surface area contributed by atoms with Gasteiger partial charge in [0, 0.05) is 3.57 Å². The van der Waals surface area contributed by atoms with E-state index >= 15 is 0 Å². The maximum absolute atomic E-state index is 6.20. The van der Waals surface area contributed by atoms with Gasteiger partial charge in [0.1, 0.15) is 10.6 Å². The van der Waals surface area contributed by atoms with Crippen molar-refractivity contribution in [3.05, 3.63) is 38.2 Å². The van der Waals surface area contributed by atoms with Gasteiger partial charge in [0.25, 0.3) is 0 Å². The summed E-state index contributed by atoms with van der Waals surface area (Å²) < 4.78 is 1.08. The predicted octanol–water partition coefficient (Wildman–Crippen LogP) is 4.28. The Morgan fingerprint density at radius 1 is 1.26 bits per heavy atom. The highest BCUT2D eigenvalue weighted by atomic mass is 127. The normalized spacial score (nSPS) is 10.8. The van der Waals surface area contributed by atoms with Crippen molar-refractivity contribution in [2.24, 2.45) is 0 Å². The molecule has 2 aromatic heterocycles. The molecule has 7 heteroatoms. The number of anilines is 3. The van der Waals surface area contributed by atoms with Gasteiger partial charge in [0.05, 0.1) is 16.1 Å². The molecule has 0 spiro atoms. The van der Waals surface area contributed by atoms with E-state index in [2.05, 4.69) is 37.9 Å². The van der Waals surface area contributed by atoms with Crippen LogP contribution in [0.1, 0.15) is 0 Å². The summed E-state index contributed by atoms with van der Waals surface area (Å²) in [5, 5.41) is 6.75. The number of nitrogens with one attached hydrogen (secondary N) is 1. The first kappa shape index (κ1) is 12.9. The average molecular weight is 403 g/mol. The SMILES string of the molecule is Nc1nc(Nc2ccc(I)cc2Cl)c2ccsc2n1. The lowest BCUT2D eigenvalue weighted by Gasteiger charge is -2.09. The Labute approximate surface area is 132 Å². The number of aromatic nitrogens is 2. The molecule has 0 unspecified atom stereocenters. The molecule has 4 nitrogen and oxygen atoms in total. The van der Waals surface area contributed by atoms with Crippen molar-refractivity contribution >= 4 is 73.2 Å². The third kappa shape index (κ3) is 2.60. The second kappa shape index (κ2) is 5.10. The van der Waals surface area contributed by atoms with Crippen molar-refractivity contribution in [3.8, 4) is 0 Å². The highest BCUT2D eigenvalue weighted by Crippen LogP contribution is 2.31. The van der Waals surface area contributed by atoms with E-state index in [9.17, 15) is 0 Å². The minimum atomic E-state index is 0.249. The van der Waals surface area contributed by atoms with Gasteiger partial charge in [-0.3, -0.25) is 0 Å². The van der Waals surface area contributed by atoms with Gasteiger partial charge in [-0.2, -0.15) is 4.98 Å². The van der Waals surface area contributed by atoms with Gasteiger partial charge in [-0.25, -0.2) is 4.98 Å². The van der Waals surface area contributed by atoms with E-state index in [0.717, 1.165) is 19.5 Å². The first-order valence-corrected chi connectivity index (χ1v) is 7.70. The van der Waals surface area contributed by atoms with E-state index in [1.165, 1.54) is 11.3 Å². The monoisotopic (exact) mass is 402 g/mol. The van der Waals surface area contributed by atoms with Gasteiger partial charge in [-0.1, -0.05) is 11.6 Å². The molecule has 0 amide bonds. The Hall–Kier alpha value is -1.12. The molecule has 2 heterocycles. The van der Waals surface area contributed by atoms with Crippen molar-refractivity contribution in [1.82, 2.24) is 9.97 Å². The Kier molecular flexibility index (Phi) is 3.46. The fourth-order valence-corrected chi connectivity index (χ4v) is 3.36. The van der Waals surface area contributed by atoms with E-state index in [0.29, 0.717) is 10.8 Å². The van der Waals surface area contributed by atoms with Gasteiger partial charge in [0.2, 0.25) is 5.95 Å². The molecule has 0 saturated heterocycles. The van der Waals surface area contributed by atoms with Crippen molar-refractivity contribution < 1.29 is 0 Å². The second-order valence-corrected chi connectivity index (χ2v) is 6.37. The number of fused-ring (bicyclic) bond motifs is 1. The van der Waals surface area contributed by atoms with Gasteiger partial charge in [-0.15, -0.1) is 11.3 Å². The highest BCUT2D eigenvalue weighted by Gasteiger charge is 2.09. The summed E-state index contributed by atoms with van der Waals surface area (Å²) in [7, 11) is 0. The number of halogens is 2. The highest BCUT2D eigenvalue weighted by molar-refractivity contribution is 14.1. The number of rotatable bonds is 2. The molecule has 96 valence electrons. The fourth-order valence-electron chi connectivity index (χ4n) is 1.69. The largest absolute Gasteiger partial charge is 0.368 e. The molecule has 1 aromatic carbocycles. The Balaban J connectivity index is 2.07. The molecule has 0 saturated carbocycles. The number of thiophene rings is 1. The first-order valence-electron chi connectivity index (χ1n) is 5.36. The standard InChI is InChI=1S/C12H8ClIN4S/c13-8-5-6(14)1-2-9(8)16-10-7-3-4-19-11(7)18-12(15)17-10/h1-5H,(H3,15,16,17,18). The van der Waals surface area contributed by atoms with Crippen LogP contribution < -0.4 is 11.1 Å². The van der Waals surface area contributed by atoms with Crippen LogP contribution in [0.5, 0.6) is 0 Å². The zero-order chi connectivity index (χ0) is 13.4. The zero-order valence-corrected chi connectivity index (χ0v) is 13.3. The molecule has 0 atom stereocenters. The Morgan fingerprint density at radius 2 is 2.11 bits per heavy atom. The van der Waals surface area contributed by atoms with Gasteiger partial charge in [-0.05, 0) is 52.2 Å². The Morgan fingerprint density at radius 3 is 2.89 bits per heavy atom. The molecule has 0 aliphatic rings. The van der Waals surface area contributed by atoms with E-state index in [1.54, 1.807) is 0 Å². The van der Waals surface area contributed by atoms with Crippen LogP contribution in [0.2, 0.25) is 5.02 Å². The van der Waals surface area contributed by atoms with Crippen LogP contribution in [0.4, 0.5) is 17.5 Å². The van der Waals surface area contributed by atoms with Crippen LogP contribution in [0, 0.1) is 3.57 Å². The van der Waals surface area contributed by atoms with E-state index in [-0.39, 0.29) is 5.95 Å². The molecule has 3 rings (SSSR count). The summed E-state index contributed by atoms with van der Waals surface area (Å²) in [5.41, 5.74) is 6.51. The fraction of sp³-hybridized carbons (Fsp3) is 0. The molecule has 3 N–H and O–H groups in total. The summed E-state index contributed by atoms with van der Waals surface area (Å²) in [6.07, 6.45) is 0. The number of nitrogen functional groups attached to an aromatic ring is 1. The average Bonchev–Trinajstić information content (AvgIpc) is 2.80. The van der Waals surface area contributed by atoms with E-state index < -0.39 is 0 Å². The molecular weight excluding hydrogens is 395 g/mol. The van der Waals surface area contributed by atoms with E-state index in [1.807, 2.05) is 29.6 Å². The molecule has 19 heavy (non-hydrogen) atoms. The third-order valence-electron chi connectivity index (χ3n) is 2.53. The van der Waals surface area contributed by atoms with Crippen molar-refractivity contribution in [2.75, 3.05) is 11.1 Å². The molecule has 0 fully saturated rings. The van der Waals surface area contributed by atoms with Crippen molar-refractivity contribution in [3.63, 3.8) is 0 Å².